The third-order valence-corrected chi connectivity index (χ3v) is 6.55. The molecule has 1 aromatic heterocycles. The Morgan fingerprint density at radius 2 is 1.57 bits per heavy atom. The Kier molecular flexibility index (Phi) is 7.51. The molecule has 0 radical (unpaired) electrons. The van der Waals surface area contributed by atoms with Crippen molar-refractivity contribution < 1.29 is 17.9 Å². The summed E-state index contributed by atoms with van der Waals surface area (Å²) in [5.41, 5.74) is 7.98. The molecule has 35 heavy (non-hydrogen) atoms. The average Bonchev–Trinajstić information content (AvgIpc) is 2.89. The summed E-state index contributed by atoms with van der Waals surface area (Å²) in [5, 5.41) is 2.78. The van der Waals surface area contributed by atoms with Crippen LogP contribution >= 0.6 is 0 Å². The van der Waals surface area contributed by atoms with Gasteiger partial charge in [-0.25, -0.2) is 13.1 Å². The van der Waals surface area contributed by atoms with Crippen molar-refractivity contribution >= 4 is 21.6 Å². The van der Waals surface area contributed by atoms with Gasteiger partial charge in [-0.15, -0.1) is 0 Å². The second-order valence-electron chi connectivity index (χ2n) is 7.66. The van der Waals surface area contributed by atoms with E-state index in [-0.39, 0.29) is 17.3 Å². The number of hydrogen-bond donors (Lipinski definition) is 3. The molecule has 8 nitrogen and oxygen atoms in total. The van der Waals surface area contributed by atoms with Crippen LogP contribution in [0.1, 0.15) is 22.0 Å². The van der Waals surface area contributed by atoms with E-state index in [1.165, 1.54) is 12.1 Å². The molecule has 0 aliphatic rings. The molecular formula is C26H24N4O4S. The zero-order valence-corrected chi connectivity index (χ0v) is 19.5. The Balaban J connectivity index is 1.36. The number of hydrogen-bond acceptors (Lipinski definition) is 6. The van der Waals surface area contributed by atoms with Crippen molar-refractivity contribution in [2.75, 3.05) is 11.9 Å². The van der Waals surface area contributed by atoms with Crippen LogP contribution in [0.3, 0.4) is 0 Å². The molecule has 0 aliphatic carbocycles. The Labute approximate surface area is 203 Å². The first kappa shape index (κ1) is 24.1. The van der Waals surface area contributed by atoms with Crippen molar-refractivity contribution in [3.8, 4) is 11.5 Å². The van der Waals surface area contributed by atoms with E-state index in [9.17, 15) is 13.2 Å². The van der Waals surface area contributed by atoms with Gasteiger partial charge in [-0.2, -0.15) is 0 Å². The van der Waals surface area contributed by atoms with Gasteiger partial charge in [0, 0.05) is 42.3 Å². The number of ether oxygens (including phenoxy) is 1. The van der Waals surface area contributed by atoms with E-state index in [2.05, 4.69) is 15.0 Å². The van der Waals surface area contributed by atoms with E-state index in [1.54, 1.807) is 73.1 Å². The third kappa shape index (κ3) is 6.51. The predicted octanol–water partition coefficient (Wildman–Crippen LogP) is 4.10. The van der Waals surface area contributed by atoms with E-state index in [0.29, 0.717) is 28.3 Å². The van der Waals surface area contributed by atoms with Crippen molar-refractivity contribution in [1.82, 2.24) is 9.71 Å². The van der Waals surface area contributed by atoms with Gasteiger partial charge < -0.3 is 15.8 Å². The van der Waals surface area contributed by atoms with Gasteiger partial charge in [0.25, 0.3) is 5.91 Å². The van der Waals surface area contributed by atoms with E-state index in [0.717, 1.165) is 0 Å². The summed E-state index contributed by atoms with van der Waals surface area (Å²) in [4.78, 5) is 16.4. The maximum Gasteiger partial charge on any atom is 0.255 e. The zero-order valence-electron chi connectivity index (χ0n) is 18.7. The van der Waals surface area contributed by atoms with E-state index in [4.69, 9.17) is 10.5 Å². The van der Waals surface area contributed by atoms with Crippen LogP contribution in [0.25, 0.3) is 0 Å². The van der Waals surface area contributed by atoms with Crippen LogP contribution in [-0.2, 0) is 10.0 Å². The molecule has 0 saturated carbocycles. The summed E-state index contributed by atoms with van der Waals surface area (Å²) in [7, 11) is -3.81. The number of rotatable bonds is 9. The minimum Gasteiger partial charge on any atom is -0.457 e. The monoisotopic (exact) mass is 488 g/mol. The Bertz CT molecular complexity index is 1380. The topological polar surface area (TPSA) is 123 Å². The molecule has 0 spiro atoms. The lowest BCUT2D eigenvalue weighted by atomic mass is 10.1. The number of carbonyl (C=O) groups is 1. The highest BCUT2D eigenvalue weighted by Crippen LogP contribution is 2.24. The highest BCUT2D eigenvalue weighted by Gasteiger charge is 2.17. The largest absolute Gasteiger partial charge is 0.457 e. The summed E-state index contributed by atoms with van der Waals surface area (Å²) < 4.78 is 33.9. The number of para-hydroxylation sites is 1. The predicted molar refractivity (Wildman–Crippen MR) is 134 cm³/mol. The molecule has 4 aromatic rings. The van der Waals surface area contributed by atoms with Gasteiger partial charge in [-0.1, -0.05) is 36.4 Å². The molecule has 1 amide bonds. The summed E-state index contributed by atoms with van der Waals surface area (Å²) in [6.45, 7) is -0.0192. The van der Waals surface area contributed by atoms with Crippen molar-refractivity contribution in [2.24, 2.45) is 5.73 Å². The van der Waals surface area contributed by atoms with Crippen molar-refractivity contribution in [3.63, 3.8) is 0 Å². The number of anilines is 1. The Morgan fingerprint density at radius 1 is 0.886 bits per heavy atom. The summed E-state index contributed by atoms with van der Waals surface area (Å²) in [5.74, 6) is 0.744. The number of aromatic nitrogens is 1. The average molecular weight is 489 g/mol. The molecular weight excluding hydrogens is 464 g/mol. The van der Waals surface area contributed by atoms with E-state index in [1.807, 2.05) is 18.2 Å². The van der Waals surface area contributed by atoms with Crippen LogP contribution in [0.2, 0.25) is 0 Å². The quantitative estimate of drug-likeness (QED) is 0.326. The molecule has 4 rings (SSSR count). The number of amides is 1. The molecule has 1 heterocycles. The standard InChI is InChI=1S/C26H24N4O4S/c27-25(19-9-11-20(12-10-19)26(31)30-21-13-15-28-16-14-21)18-29-35(32,33)24-8-4-7-23(17-24)34-22-5-2-1-3-6-22/h1-17,25,29H,18,27H2,(H,28,30,31). The van der Waals surface area contributed by atoms with Gasteiger partial charge in [0.15, 0.2) is 0 Å². The first-order valence-electron chi connectivity index (χ1n) is 10.8. The van der Waals surface area contributed by atoms with Crippen LogP contribution in [0.4, 0.5) is 5.69 Å². The van der Waals surface area contributed by atoms with Gasteiger partial charge >= 0.3 is 0 Å². The minimum absolute atomic E-state index is 0.0192. The maximum absolute atomic E-state index is 12.8. The van der Waals surface area contributed by atoms with Gasteiger partial charge in [0.1, 0.15) is 11.5 Å². The number of nitrogens with one attached hydrogen (secondary N) is 2. The second kappa shape index (κ2) is 10.9. The van der Waals surface area contributed by atoms with Gasteiger partial charge in [-0.3, -0.25) is 9.78 Å². The van der Waals surface area contributed by atoms with Crippen molar-refractivity contribution in [2.45, 2.75) is 10.9 Å². The molecule has 0 fully saturated rings. The second-order valence-corrected chi connectivity index (χ2v) is 9.43. The maximum atomic E-state index is 12.8. The zero-order chi connectivity index (χ0) is 24.7. The molecule has 178 valence electrons. The third-order valence-electron chi connectivity index (χ3n) is 5.13. The molecule has 3 aromatic carbocycles. The van der Waals surface area contributed by atoms with Gasteiger partial charge in [-0.05, 0) is 54.1 Å². The molecule has 0 bridgehead atoms. The summed E-state index contributed by atoms with van der Waals surface area (Å²) >= 11 is 0. The fourth-order valence-corrected chi connectivity index (χ4v) is 4.35. The fraction of sp³-hybridized carbons (Fsp3) is 0.0769. The highest BCUT2D eigenvalue weighted by molar-refractivity contribution is 7.89. The lowest BCUT2D eigenvalue weighted by Crippen LogP contribution is -2.32. The van der Waals surface area contributed by atoms with Crippen LogP contribution in [0, 0.1) is 0 Å². The lowest BCUT2D eigenvalue weighted by Gasteiger charge is -2.15. The van der Waals surface area contributed by atoms with Crippen molar-refractivity contribution in [1.29, 1.82) is 0 Å². The van der Waals surface area contributed by atoms with Crippen LogP contribution < -0.4 is 20.5 Å². The van der Waals surface area contributed by atoms with E-state index < -0.39 is 16.1 Å². The normalized spacial score (nSPS) is 12.0. The lowest BCUT2D eigenvalue weighted by molar-refractivity contribution is 0.102. The smallest absolute Gasteiger partial charge is 0.255 e. The first-order chi connectivity index (χ1) is 16.9. The molecule has 4 N–H and O–H groups in total. The van der Waals surface area contributed by atoms with Crippen LogP contribution in [0.15, 0.2) is 108 Å². The number of pyridine rings is 1. The number of carbonyl (C=O) groups excluding carboxylic acids is 1. The number of nitrogens with zero attached hydrogens (tertiary/aromatic N) is 1. The van der Waals surface area contributed by atoms with Gasteiger partial charge in [0.05, 0.1) is 4.90 Å². The van der Waals surface area contributed by atoms with Crippen LogP contribution in [-0.4, -0.2) is 25.9 Å². The number of nitrogens with two attached hydrogens (primary N) is 1. The molecule has 0 saturated heterocycles. The first-order valence-corrected chi connectivity index (χ1v) is 12.3. The van der Waals surface area contributed by atoms with Gasteiger partial charge in [0.2, 0.25) is 10.0 Å². The highest BCUT2D eigenvalue weighted by atomic mass is 32.2. The van der Waals surface area contributed by atoms with Crippen LogP contribution in [0.5, 0.6) is 11.5 Å². The Morgan fingerprint density at radius 3 is 2.29 bits per heavy atom. The van der Waals surface area contributed by atoms with E-state index >= 15 is 0 Å². The number of benzene rings is 3. The Hall–Kier alpha value is -4.05. The SMILES string of the molecule is NC(CNS(=O)(=O)c1cccc(Oc2ccccc2)c1)c1ccc(C(=O)Nc2ccncc2)cc1. The molecule has 1 unspecified atom stereocenters. The number of sulfonamides is 1. The molecule has 0 aliphatic heterocycles. The van der Waals surface area contributed by atoms with Crippen molar-refractivity contribution in [3.05, 3.63) is 115 Å². The minimum atomic E-state index is -3.81. The summed E-state index contributed by atoms with van der Waals surface area (Å²) in [6, 6.07) is 24.8. The molecule has 9 heteroatoms. The summed E-state index contributed by atoms with van der Waals surface area (Å²) in [6.07, 6.45) is 3.18. The fourth-order valence-electron chi connectivity index (χ4n) is 3.25. The molecule has 1 atom stereocenters.